The van der Waals surface area contributed by atoms with Crippen LogP contribution >= 0.6 is 11.8 Å². The van der Waals surface area contributed by atoms with Gasteiger partial charge < -0.3 is 0 Å². The Kier molecular flexibility index (Phi) is 2.03. The van der Waals surface area contributed by atoms with E-state index in [9.17, 15) is 8.42 Å². The second-order valence-corrected chi connectivity index (χ2v) is 4.85. The summed E-state index contributed by atoms with van der Waals surface area (Å²) in [7, 11) is -3.72. The highest BCUT2D eigenvalue weighted by Crippen LogP contribution is 2.22. The second kappa shape index (κ2) is 2.48. The van der Waals surface area contributed by atoms with E-state index in [-0.39, 0.29) is 0 Å². The van der Waals surface area contributed by atoms with Crippen LogP contribution in [0.3, 0.4) is 0 Å². The van der Waals surface area contributed by atoms with Gasteiger partial charge in [-0.05, 0) is 12.2 Å². The molecule has 0 aromatic rings. The molecule has 0 spiro atoms. The van der Waals surface area contributed by atoms with Crippen molar-refractivity contribution in [1.82, 2.24) is 0 Å². The van der Waals surface area contributed by atoms with Crippen LogP contribution in [-0.4, -0.2) is 29.7 Å². The van der Waals surface area contributed by atoms with Crippen molar-refractivity contribution in [2.24, 2.45) is 0 Å². The Bertz CT molecular complexity index is 178. The van der Waals surface area contributed by atoms with Crippen LogP contribution < -0.4 is 0 Å². The zero-order valence-corrected chi connectivity index (χ0v) is 6.41. The number of rotatable bonds is 1. The molecule has 1 N–H and O–H groups in total. The van der Waals surface area contributed by atoms with Crippen molar-refractivity contribution in [3.63, 3.8) is 0 Å². The van der Waals surface area contributed by atoms with Gasteiger partial charge in [0.15, 0.2) is 0 Å². The van der Waals surface area contributed by atoms with E-state index in [2.05, 4.69) is 0 Å². The summed E-state index contributed by atoms with van der Waals surface area (Å²) in [5.74, 6) is 1.41. The smallest absolute Gasteiger partial charge is 0.268 e. The molecule has 1 rings (SSSR count). The third-order valence-electron chi connectivity index (χ3n) is 1.31. The van der Waals surface area contributed by atoms with Gasteiger partial charge in [-0.3, -0.25) is 4.55 Å². The fourth-order valence-corrected chi connectivity index (χ4v) is 3.34. The van der Waals surface area contributed by atoms with E-state index in [0.717, 1.165) is 5.75 Å². The normalized spacial score (nSPS) is 28.8. The number of hydrogen-bond acceptors (Lipinski definition) is 3. The highest BCUT2D eigenvalue weighted by molar-refractivity contribution is 8.00. The fraction of sp³-hybridized carbons (Fsp3) is 1.00. The minimum atomic E-state index is -3.72. The third kappa shape index (κ3) is 1.84. The van der Waals surface area contributed by atoms with Gasteiger partial charge in [-0.25, -0.2) is 0 Å². The molecular formula is C4H8O3S2. The highest BCUT2D eigenvalue weighted by Gasteiger charge is 2.26. The first-order valence-electron chi connectivity index (χ1n) is 2.65. The van der Waals surface area contributed by atoms with Crippen LogP contribution in [0.4, 0.5) is 0 Å². The molecule has 3 nitrogen and oxygen atoms in total. The lowest BCUT2D eigenvalue weighted by Gasteiger charge is -2.00. The minimum absolute atomic E-state index is 0.498. The van der Waals surface area contributed by atoms with E-state index in [1.165, 1.54) is 0 Å². The molecule has 1 saturated heterocycles. The van der Waals surface area contributed by atoms with Crippen LogP contribution in [0.5, 0.6) is 0 Å². The van der Waals surface area contributed by atoms with Crippen LogP contribution in [0.15, 0.2) is 0 Å². The predicted octanol–water partition coefficient (Wildman–Crippen LogP) is 0.380. The lowest BCUT2D eigenvalue weighted by atomic mass is 10.4. The maximum Gasteiger partial charge on any atom is 0.268 e. The van der Waals surface area contributed by atoms with Gasteiger partial charge in [-0.2, -0.15) is 20.2 Å². The van der Waals surface area contributed by atoms with Crippen molar-refractivity contribution < 1.29 is 13.0 Å². The van der Waals surface area contributed by atoms with E-state index in [1.54, 1.807) is 11.8 Å². The molecule has 1 heterocycles. The summed E-state index contributed by atoms with van der Waals surface area (Å²) in [6.07, 6.45) is 0.601. The van der Waals surface area contributed by atoms with Crippen molar-refractivity contribution >= 4 is 21.9 Å². The monoisotopic (exact) mass is 168 g/mol. The molecule has 0 aromatic heterocycles. The average Bonchev–Trinajstić information content (AvgIpc) is 2.08. The van der Waals surface area contributed by atoms with Crippen LogP contribution in [0.25, 0.3) is 0 Å². The SMILES string of the molecule is O=S(=O)(O)C1CCSC1. The van der Waals surface area contributed by atoms with Gasteiger partial charge in [0.1, 0.15) is 0 Å². The summed E-state index contributed by atoms with van der Waals surface area (Å²) in [5, 5.41) is -0.498. The molecule has 1 unspecified atom stereocenters. The lowest BCUT2D eigenvalue weighted by Crippen LogP contribution is -2.18. The molecular weight excluding hydrogens is 160 g/mol. The largest absolute Gasteiger partial charge is 0.285 e. The quantitative estimate of drug-likeness (QED) is 0.575. The molecule has 54 valence electrons. The Hall–Kier alpha value is 0.260. The van der Waals surface area contributed by atoms with Crippen LogP contribution in [0.2, 0.25) is 0 Å². The van der Waals surface area contributed by atoms with E-state index >= 15 is 0 Å². The summed E-state index contributed by atoms with van der Waals surface area (Å²) in [6.45, 7) is 0. The van der Waals surface area contributed by atoms with E-state index in [0.29, 0.717) is 12.2 Å². The molecule has 0 radical (unpaired) electrons. The zero-order chi connectivity index (χ0) is 6.91. The van der Waals surface area contributed by atoms with E-state index in [1.807, 2.05) is 0 Å². The maximum absolute atomic E-state index is 10.4. The molecule has 1 aliphatic heterocycles. The van der Waals surface area contributed by atoms with E-state index in [4.69, 9.17) is 4.55 Å². The van der Waals surface area contributed by atoms with Gasteiger partial charge in [0.05, 0.1) is 5.25 Å². The summed E-state index contributed by atoms with van der Waals surface area (Å²) in [4.78, 5) is 0. The first kappa shape index (κ1) is 7.37. The van der Waals surface area contributed by atoms with Crippen molar-refractivity contribution in [1.29, 1.82) is 0 Å². The Morgan fingerprint density at radius 2 is 2.22 bits per heavy atom. The Balaban J connectivity index is 2.63. The Morgan fingerprint density at radius 1 is 1.56 bits per heavy atom. The summed E-state index contributed by atoms with van der Waals surface area (Å²) < 4.78 is 29.2. The summed E-state index contributed by atoms with van der Waals surface area (Å²) >= 11 is 1.57. The first-order chi connectivity index (χ1) is 4.11. The third-order valence-corrected chi connectivity index (χ3v) is 3.93. The van der Waals surface area contributed by atoms with Crippen molar-refractivity contribution in [3.8, 4) is 0 Å². The minimum Gasteiger partial charge on any atom is -0.285 e. The van der Waals surface area contributed by atoms with Gasteiger partial charge in [-0.1, -0.05) is 0 Å². The van der Waals surface area contributed by atoms with E-state index < -0.39 is 15.4 Å². The van der Waals surface area contributed by atoms with Gasteiger partial charge in [0.25, 0.3) is 10.1 Å². The highest BCUT2D eigenvalue weighted by atomic mass is 32.2. The zero-order valence-electron chi connectivity index (χ0n) is 4.78. The van der Waals surface area contributed by atoms with Crippen LogP contribution in [-0.2, 0) is 10.1 Å². The Morgan fingerprint density at radius 3 is 2.44 bits per heavy atom. The van der Waals surface area contributed by atoms with Crippen LogP contribution in [0, 0.1) is 0 Å². The predicted molar refractivity (Wildman–Crippen MR) is 37.3 cm³/mol. The number of thioether (sulfide) groups is 1. The molecule has 1 atom stereocenters. The molecule has 0 saturated carbocycles. The lowest BCUT2D eigenvalue weighted by molar-refractivity contribution is 0.471. The maximum atomic E-state index is 10.4. The molecule has 0 aromatic carbocycles. The average molecular weight is 168 g/mol. The van der Waals surface area contributed by atoms with Gasteiger partial charge in [-0.15, -0.1) is 0 Å². The molecule has 9 heavy (non-hydrogen) atoms. The molecule has 5 heteroatoms. The molecule has 1 aliphatic rings. The van der Waals surface area contributed by atoms with Gasteiger partial charge >= 0.3 is 0 Å². The van der Waals surface area contributed by atoms with Gasteiger partial charge in [0.2, 0.25) is 0 Å². The van der Waals surface area contributed by atoms with Crippen molar-refractivity contribution in [3.05, 3.63) is 0 Å². The summed E-state index contributed by atoms with van der Waals surface area (Å²) in [5.41, 5.74) is 0. The number of hydrogen-bond donors (Lipinski definition) is 1. The molecule has 0 aliphatic carbocycles. The van der Waals surface area contributed by atoms with Gasteiger partial charge in [0, 0.05) is 5.75 Å². The van der Waals surface area contributed by atoms with Crippen molar-refractivity contribution in [2.45, 2.75) is 11.7 Å². The summed E-state index contributed by atoms with van der Waals surface area (Å²) in [6, 6.07) is 0. The molecule has 0 bridgehead atoms. The van der Waals surface area contributed by atoms with Crippen molar-refractivity contribution in [2.75, 3.05) is 11.5 Å². The fourth-order valence-electron chi connectivity index (χ4n) is 0.748. The standard InChI is InChI=1S/C4H8O3S2/c5-9(6,7)4-1-2-8-3-4/h4H,1-3H2,(H,5,6,7). The topological polar surface area (TPSA) is 54.4 Å². The Labute approximate surface area is 58.6 Å². The van der Waals surface area contributed by atoms with Crippen LogP contribution in [0.1, 0.15) is 6.42 Å². The molecule has 1 fully saturated rings. The molecule has 0 amide bonds. The second-order valence-electron chi connectivity index (χ2n) is 2.00. The first-order valence-corrected chi connectivity index (χ1v) is 5.30.